The quantitative estimate of drug-likeness (QED) is 0.764. The number of hydrogen-bond donors (Lipinski definition) is 2. The Balaban J connectivity index is 1.72. The van der Waals surface area contributed by atoms with Crippen LogP contribution >= 0.6 is 0 Å². The standard InChI is InChI=1S/C12H17N3O4/c1-15-7-5-8(14-15)4-6-13-11(16)9-2-3-10(19-9)12(17)18/h5,7,9-10H,2-4,6H2,1H3,(H,13,16)(H,17,18). The van der Waals surface area contributed by atoms with E-state index in [1.807, 2.05) is 19.3 Å². The first kappa shape index (κ1) is 13.5. The van der Waals surface area contributed by atoms with E-state index in [4.69, 9.17) is 9.84 Å². The lowest BCUT2D eigenvalue weighted by molar-refractivity contribution is -0.151. The van der Waals surface area contributed by atoms with Crippen molar-refractivity contribution in [2.45, 2.75) is 31.5 Å². The molecular formula is C12H17N3O4. The number of carboxylic acids is 1. The van der Waals surface area contributed by atoms with Crippen LogP contribution in [0.5, 0.6) is 0 Å². The molecule has 0 spiro atoms. The summed E-state index contributed by atoms with van der Waals surface area (Å²) in [6, 6.07) is 1.89. The number of carbonyl (C=O) groups excluding carboxylic acids is 1. The number of rotatable bonds is 5. The van der Waals surface area contributed by atoms with Crippen molar-refractivity contribution in [1.82, 2.24) is 15.1 Å². The zero-order chi connectivity index (χ0) is 13.8. The average molecular weight is 267 g/mol. The highest BCUT2D eigenvalue weighted by atomic mass is 16.5. The Kier molecular flexibility index (Phi) is 4.16. The van der Waals surface area contributed by atoms with Gasteiger partial charge in [-0.1, -0.05) is 0 Å². The molecule has 2 N–H and O–H groups in total. The van der Waals surface area contributed by atoms with Gasteiger partial charge in [-0.25, -0.2) is 4.79 Å². The maximum Gasteiger partial charge on any atom is 0.332 e. The molecule has 7 nitrogen and oxygen atoms in total. The van der Waals surface area contributed by atoms with Crippen LogP contribution in [0.3, 0.4) is 0 Å². The average Bonchev–Trinajstić information content (AvgIpc) is 2.98. The van der Waals surface area contributed by atoms with Gasteiger partial charge in [0.05, 0.1) is 5.69 Å². The minimum Gasteiger partial charge on any atom is -0.479 e. The number of carbonyl (C=O) groups is 2. The summed E-state index contributed by atoms with van der Waals surface area (Å²) in [7, 11) is 1.83. The third-order valence-corrected chi connectivity index (χ3v) is 3.04. The zero-order valence-corrected chi connectivity index (χ0v) is 10.7. The summed E-state index contributed by atoms with van der Waals surface area (Å²) in [5.74, 6) is -1.26. The summed E-state index contributed by atoms with van der Waals surface area (Å²) in [6.45, 7) is 0.466. The van der Waals surface area contributed by atoms with E-state index in [2.05, 4.69) is 10.4 Å². The number of hydrogen-bond acceptors (Lipinski definition) is 4. The van der Waals surface area contributed by atoms with E-state index >= 15 is 0 Å². The summed E-state index contributed by atoms with van der Waals surface area (Å²) in [5.41, 5.74) is 0.901. The molecule has 0 aromatic carbocycles. The molecule has 104 valence electrons. The lowest BCUT2D eigenvalue weighted by Gasteiger charge is -2.11. The van der Waals surface area contributed by atoms with E-state index in [0.29, 0.717) is 25.8 Å². The number of nitrogens with one attached hydrogen (secondary N) is 1. The van der Waals surface area contributed by atoms with Gasteiger partial charge >= 0.3 is 5.97 Å². The summed E-state index contributed by atoms with van der Waals surface area (Å²) in [5, 5.41) is 15.7. The maximum atomic E-state index is 11.8. The van der Waals surface area contributed by atoms with Crippen molar-refractivity contribution in [2.24, 2.45) is 7.05 Å². The van der Waals surface area contributed by atoms with Gasteiger partial charge in [-0.3, -0.25) is 9.48 Å². The van der Waals surface area contributed by atoms with E-state index in [1.165, 1.54) is 0 Å². The van der Waals surface area contributed by atoms with Gasteiger partial charge in [-0.2, -0.15) is 5.10 Å². The van der Waals surface area contributed by atoms with Gasteiger partial charge < -0.3 is 15.2 Å². The van der Waals surface area contributed by atoms with Crippen LogP contribution < -0.4 is 5.32 Å². The predicted octanol–water partition coefficient (Wildman–Crippen LogP) is -0.289. The van der Waals surface area contributed by atoms with Crippen LogP contribution in [-0.2, 0) is 27.8 Å². The number of amides is 1. The van der Waals surface area contributed by atoms with Crippen LogP contribution in [-0.4, -0.2) is 45.5 Å². The lowest BCUT2D eigenvalue weighted by atomic mass is 10.2. The number of nitrogens with zero attached hydrogens (tertiary/aromatic N) is 2. The molecule has 2 rings (SSSR count). The second kappa shape index (κ2) is 5.83. The van der Waals surface area contributed by atoms with Crippen LogP contribution in [0, 0.1) is 0 Å². The Labute approximate surface area is 110 Å². The predicted molar refractivity (Wildman–Crippen MR) is 65.5 cm³/mol. The molecule has 0 bridgehead atoms. The van der Waals surface area contributed by atoms with Crippen molar-refractivity contribution in [2.75, 3.05) is 6.54 Å². The van der Waals surface area contributed by atoms with Gasteiger partial charge in [0.1, 0.15) is 6.10 Å². The molecule has 1 fully saturated rings. The summed E-state index contributed by atoms with van der Waals surface area (Å²) in [4.78, 5) is 22.5. The molecule has 0 saturated carbocycles. The molecule has 1 aliphatic heterocycles. The number of aliphatic carboxylic acids is 1. The second-order valence-corrected chi connectivity index (χ2v) is 4.55. The van der Waals surface area contributed by atoms with E-state index in [1.54, 1.807) is 4.68 Å². The molecule has 2 atom stereocenters. The van der Waals surface area contributed by atoms with Gasteiger partial charge in [0.2, 0.25) is 5.91 Å². The summed E-state index contributed by atoms with van der Waals surface area (Å²) >= 11 is 0. The van der Waals surface area contributed by atoms with Crippen LogP contribution in [0.15, 0.2) is 12.3 Å². The van der Waals surface area contributed by atoms with Crippen LogP contribution in [0.1, 0.15) is 18.5 Å². The van der Waals surface area contributed by atoms with Crippen molar-refractivity contribution < 1.29 is 19.4 Å². The van der Waals surface area contributed by atoms with Gasteiger partial charge in [0.25, 0.3) is 0 Å². The third-order valence-electron chi connectivity index (χ3n) is 3.04. The molecular weight excluding hydrogens is 250 g/mol. The first-order valence-corrected chi connectivity index (χ1v) is 6.21. The third kappa shape index (κ3) is 3.54. The smallest absolute Gasteiger partial charge is 0.332 e. The summed E-state index contributed by atoms with van der Waals surface area (Å²) < 4.78 is 6.86. The fourth-order valence-electron chi connectivity index (χ4n) is 2.04. The largest absolute Gasteiger partial charge is 0.479 e. The molecule has 1 saturated heterocycles. The van der Waals surface area contributed by atoms with E-state index < -0.39 is 18.2 Å². The van der Waals surface area contributed by atoms with E-state index in [0.717, 1.165) is 5.69 Å². The molecule has 2 heterocycles. The Morgan fingerprint density at radius 1 is 1.53 bits per heavy atom. The van der Waals surface area contributed by atoms with Crippen LogP contribution in [0.25, 0.3) is 0 Å². The fraction of sp³-hybridized carbons (Fsp3) is 0.583. The molecule has 0 aliphatic carbocycles. The fourth-order valence-corrected chi connectivity index (χ4v) is 2.04. The molecule has 1 aromatic rings. The SMILES string of the molecule is Cn1ccc(CCNC(=O)C2CCC(C(=O)O)O2)n1. The van der Waals surface area contributed by atoms with Gasteiger partial charge in [-0.15, -0.1) is 0 Å². The number of carboxylic acid groups (broad SMARTS) is 1. The van der Waals surface area contributed by atoms with Crippen LogP contribution in [0.2, 0.25) is 0 Å². The Bertz CT molecular complexity index is 471. The first-order chi connectivity index (χ1) is 9.06. The number of aryl methyl sites for hydroxylation is 1. The molecule has 0 radical (unpaired) electrons. The Morgan fingerprint density at radius 3 is 2.84 bits per heavy atom. The van der Waals surface area contributed by atoms with E-state index in [-0.39, 0.29) is 5.91 Å². The second-order valence-electron chi connectivity index (χ2n) is 4.55. The molecule has 19 heavy (non-hydrogen) atoms. The Morgan fingerprint density at radius 2 is 2.26 bits per heavy atom. The monoisotopic (exact) mass is 267 g/mol. The number of aromatic nitrogens is 2. The molecule has 2 unspecified atom stereocenters. The first-order valence-electron chi connectivity index (χ1n) is 6.21. The summed E-state index contributed by atoms with van der Waals surface area (Å²) in [6.07, 6.45) is 1.81. The zero-order valence-electron chi connectivity index (χ0n) is 10.7. The van der Waals surface area contributed by atoms with Gasteiger partial charge in [0.15, 0.2) is 6.10 Å². The lowest BCUT2D eigenvalue weighted by Crippen LogP contribution is -2.36. The van der Waals surface area contributed by atoms with Gasteiger partial charge in [-0.05, 0) is 18.9 Å². The van der Waals surface area contributed by atoms with Crippen molar-refractivity contribution in [3.05, 3.63) is 18.0 Å². The highest BCUT2D eigenvalue weighted by Crippen LogP contribution is 2.19. The molecule has 7 heteroatoms. The number of ether oxygens (including phenoxy) is 1. The van der Waals surface area contributed by atoms with Crippen molar-refractivity contribution in [3.8, 4) is 0 Å². The normalized spacial score (nSPS) is 22.4. The minimum atomic E-state index is -1.01. The molecule has 1 amide bonds. The highest BCUT2D eigenvalue weighted by molar-refractivity contribution is 5.82. The van der Waals surface area contributed by atoms with E-state index in [9.17, 15) is 9.59 Å². The van der Waals surface area contributed by atoms with Gasteiger partial charge in [0, 0.05) is 26.2 Å². The molecule has 1 aliphatic rings. The van der Waals surface area contributed by atoms with Crippen LogP contribution in [0.4, 0.5) is 0 Å². The minimum absolute atomic E-state index is 0.250. The maximum absolute atomic E-state index is 11.8. The van der Waals surface area contributed by atoms with Crippen molar-refractivity contribution in [1.29, 1.82) is 0 Å². The van der Waals surface area contributed by atoms with Crippen molar-refractivity contribution in [3.63, 3.8) is 0 Å². The molecule has 1 aromatic heterocycles. The van der Waals surface area contributed by atoms with Crippen molar-refractivity contribution >= 4 is 11.9 Å². The Hall–Kier alpha value is -1.89. The topological polar surface area (TPSA) is 93.5 Å². The highest BCUT2D eigenvalue weighted by Gasteiger charge is 2.34.